The van der Waals surface area contributed by atoms with E-state index in [1.54, 1.807) is 26.1 Å². The first kappa shape index (κ1) is 24.4. The van der Waals surface area contributed by atoms with Crippen LogP contribution in [0.15, 0.2) is 4.99 Å². The average molecular weight is 427 g/mol. The quantitative estimate of drug-likeness (QED) is 0.276. The molecular weight excluding hydrogens is 388 g/mol. The highest BCUT2D eigenvalue weighted by Gasteiger charge is 2.23. The number of amides is 2. The number of piperazine rings is 1. The van der Waals surface area contributed by atoms with Gasteiger partial charge in [-0.1, -0.05) is 0 Å². The highest BCUT2D eigenvalue weighted by molar-refractivity contribution is 5.85. The van der Waals surface area contributed by atoms with Gasteiger partial charge in [0.2, 0.25) is 11.8 Å². The van der Waals surface area contributed by atoms with Crippen molar-refractivity contribution in [3.05, 3.63) is 0 Å². The molecule has 0 radical (unpaired) electrons. The second kappa shape index (κ2) is 13.4. The maximum absolute atomic E-state index is 12.0. The number of rotatable bonds is 9. The van der Waals surface area contributed by atoms with Crippen molar-refractivity contribution in [2.24, 2.45) is 4.99 Å². The van der Waals surface area contributed by atoms with Gasteiger partial charge >= 0.3 is 0 Å². The maximum atomic E-state index is 12.0. The molecule has 30 heavy (non-hydrogen) atoms. The Labute approximate surface area is 179 Å². The molecule has 0 bridgehead atoms. The van der Waals surface area contributed by atoms with Crippen molar-refractivity contribution in [1.82, 2.24) is 25.3 Å². The fraction of sp³-hybridized carbons (Fsp3) is 0.850. The molecule has 2 amide bonds. The summed E-state index contributed by atoms with van der Waals surface area (Å²) in [5, 5.41) is 6.27. The summed E-state index contributed by atoms with van der Waals surface area (Å²) in [7, 11) is 5.08. The zero-order valence-corrected chi connectivity index (χ0v) is 18.7. The molecule has 2 heterocycles. The first-order chi connectivity index (χ1) is 14.5. The topological polar surface area (TPSA) is 98.7 Å². The lowest BCUT2D eigenvalue weighted by molar-refractivity contribution is -0.127. The molecule has 2 fully saturated rings. The molecule has 2 N–H and O–H groups in total. The van der Waals surface area contributed by atoms with Crippen molar-refractivity contribution in [3.63, 3.8) is 0 Å². The standard InChI is InChI=1S/C20H38N6O4/c1-24(2)19(28)15-23-20(22-14-17-6-4-5-12-30-17)26-10-8-25(9-11-26)16-18(27)21-7-13-29-3/h17H,4-16H2,1-3H3,(H,21,27)(H,22,23). The van der Waals surface area contributed by atoms with E-state index < -0.39 is 0 Å². The zero-order valence-electron chi connectivity index (χ0n) is 18.7. The van der Waals surface area contributed by atoms with Crippen LogP contribution >= 0.6 is 0 Å². The van der Waals surface area contributed by atoms with Crippen LogP contribution in [-0.2, 0) is 19.1 Å². The van der Waals surface area contributed by atoms with Crippen molar-refractivity contribution in [2.45, 2.75) is 25.4 Å². The summed E-state index contributed by atoms with van der Waals surface area (Å²) < 4.78 is 10.8. The van der Waals surface area contributed by atoms with E-state index in [1.165, 1.54) is 6.42 Å². The number of carbonyl (C=O) groups is 2. The normalized spacial score (nSPS) is 20.7. The van der Waals surface area contributed by atoms with E-state index in [9.17, 15) is 9.59 Å². The number of ether oxygens (including phenoxy) is 2. The molecule has 2 aliphatic heterocycles. The summed E-state index contributed by atoms with van der Waals surface area (Å²) in [6.07, 6.45) is 3.53. The van der Waals surface area contributed by atoms with Gasteiger partial charge in [0.1, 0.15) is 6.54 Å². The molecule has 2 aliphatic rings. The summed E-state index contributed by atoms with van der Waals surface area (Å²) in [6, 6.07) is 0. The molecule has 0 spiro atoms. The van der Waals surface area contributed by atoms with Crippen LogP contribution in [-0.4, -0.2) is 125 Å². The van der Waals surface area contributed by atoms with Crippen LogP contribution in [0.3, 0.4) is 0 Å². The van der Waals surface area contributed by atoms with Crippen LogP contribution < -0.4 is 10.6 Å². The number of hydrogen-bond donors (Lipinski definition) is 2. The number of nitrogens with zero attached hydrogens (tertiary/aromatic N) is 4. The van der Waals surface area contributed by atoms with E-state index in [4.69, 9.17) is 9.47 Å². The molecule has 172 valence electrons. The molecule has 0 saturated carbocycles. The summed E-state index contributed by atoms with van der Waals surface area (Å²) in [5.74, 6) is 0.719. The van der Waals surface area contributed by atoms with Crippen LogP contribution in [0.2, 0.25) is 0 Å². The van der Waals surface area contributed by atoms with Gasteiger partial charge < -0.3 is 29.9 Å². The lowest BCUT2D eigenvalue weighted by Gasteiger charge is -2.36. The summed E-state index contributed by atoms with van der Waals surface area (Å²) in [6.45, 7) is 6.06. The molecule has 2 saturated heterocycles. The Bertz CT molecular complexity index is 557. The number of nitrogens with one attached hydrogen (secondary N) is 2. The number of guanidine groups is 1. The predicted molar refractivity (Wildman–Crippen MR) is 115 cm³/mol. The second-order valence-electron chi connectivity index (χ2n) is 7.90. The van der Waals surface area contributed by atoms with E-state index in [-0.39, 0.29) is 24.5 Å². The maximum Gasteiger partial charge on any atom is 0.243 e. The lowest BCUT2D eigenvalue weighted by atomic mass is 10.1. The van der Waals surface area contributed by atoms with Crippen molar-refractivity contribution in [1.29, 1.82) is 0 Å². The summed E-state index contributed by atoms with van der Waals surface area (Å²) >= 11 is 0. The molecule has 0 aliphatic carbocycles. The van der Waals surface area contributed by atoms with Crippen LogP contribution in [0.1, 0.15) is 19.3 Å². The van der Waals surface area contributed by atoms with Crippen LogP contribution in [0.5, 0.6) is 0 Å². The number of hydrogen-bond acceptors (Lipinski definition) is 6. The van der Waals surface area contributed by atoms with Gasteiger partial charge in [-0.25, -0.2) is 4.99 Å². The minimum absolute atomic E-state index is 0.0125. The van der Waals surface area contributed by atoms with Crippen LogP contribution in [0, 0.1) is 0 Å². The first-order valence-electron chi connectivity index (χ1n) is 10.8. The van der Waals surface area contributed by atoms with E-state index in [2.05, 4.69) is 25.4 Å². The van der Waals surface area contributed by atoms with Crippen molar-refractivity contribution in [2.75, 3.05) is 86.8 Å². The SMILES string of the molecule is COCCNC(=O)CN1CCN(C(=NCC(=O)N(C)C)NCC2CCCCO2)CC1. The van der Waals surface area contributed by atoms with Gasteiger partial charge in [0.15, 0.2) is 5.96 Å². The number of carbonyl (C=O) groups excluding carboxylic acids is 2. The van der Waals surface area contributed by atoms with Gasteiger partial charge in [-0.15, -0.1) is 0 Å². The Hall–Kier alpha value is -1.91. The monoisotopic (exact) mass is 426 g/mol. The van der Waals surface area contributed by atoms with E-state index in [0.717, 1.165) is 51.6 Å². The Morgan fingerprint density at radius 3 is 2.57 bits per heavy atom. The number of methoxy groups -OCH3 is 1. The fourth-order valence-corrected chi connectivity index (χ4v) is 3.39. The van der Waals surface area contributed by atoms with Gasteiger partial charge in [0.05, 0.1) is 19.3 Å². The molecule has 0 aromatic heterocycles. The Balaban J connectivity index is 1.85. The van der Waals surface area contributed by atoms with E-state index >= 15 is 0 Å². The average Bonchev–Trinajstić information content (AvgIpc) is 2.75. The molecule has 1 unspecified atom stereocenters. The lowest BCUT2D eigenvalue weighted by Crippen LogP contribution is -2.55. The highest BCUT2D eigenvalue weighted by atomic mass is 16.5. The summed E-state index contributed by atoms with van der Waals surface area (Å²) in [5.41, 5.74) is 0. The Morgan fingerprint density at radius 2 is 1.93 bits per heavy atom. The molecule has 0 aromatic rings. The van der Waals surface area contributed by atoms with Crippen LogP contribution in [0.4, 0.5) is 0 Å². The summed E-state index contributed by atoms with van der Waals surface area (Å²) in [4.78, 5) is 34.4. The van der Waals surface area contributed by atoms with E-state index in [1.807, 2.05) is 0 Å². The first-order valence-corrected chi connectivity index (χ1v) is 10.8. The molecular formula is C20H38N6O4. The van der Waals surface area contributed by atoms with Gasteiger partial charge in [-0.3, -0.25) is 14.5 Å². The van der Waals surface area contributed by atoms with Gasteiger partial charge in [0.25, 0.3) is 0 Å². The third-order valence-electron chi connectivity index (χ3n) is 5.29. The fourth-order valence-electron chi connectivity index (χ4n) is 3.39. The largest absolute Gasteiger partial charge is 0.383 e. The molecule has 1 atom stereocenters. The number of likely N-dealkylation sites (N-methyl/N-ethyl adjacent to an activating group) is 1. The van der Waals surface area contributed by atoms with Crippen molar-refractivity contribution >= 4 is 17.8 Å². The minimum atomic E-state index is -0.0328. The molecule has 10 nitrogen and oxygen atoms in total. The predicted octanol–water partition coefficient (Wildman–Crippen LogP) is -1.03. The Kier molecular flexibility index (Phi) is 10.9. The minimum Gasteiger partial charge on any atom is -0.383 e. The highest BCUT2D eigenvalue weighted by Crippen LogP contribution is 2.12. The third kappa shape index (κ3) is 8.85. The van der Waals surface area contributed by atoms with Crippen molar-refractivity contribution < 1.29 is 19.1 Å². The van der Waals surface area contributed by atoms with Gasteiger partial charge in [0, 0.05) is 67.1 Å². The Morgan fingerprint density at radius 1 is 1.17 bits per heavy atom. The second-order valence-corrected chi connectivity index (χ2v) is 7.90. The zero-order chi connectivity index (χ0) is 21.8. The third-order valence-corrected chi connectivity index (χ3v) is 5.29. The van der Waals surface area contributed by atoms with E-state index in [0.29, 0.717) is 26.2 Å². The molecule has 10 heteroatoms. The molecule has 0 aromatic carbocycles. The van der Waals surface area contributed by atoms with Gasteiger partial charge in [-0.2, -0.15) is 0 Å². The van der Waals surface area contributed by atoms with Crippen molar-refractivity contribution in [3.8, 4) is 0 Å². The number of aliphatic imine (C=N–C) groups is 1. The smallest absolute Gasteiger partial charge is 0.243 e. The van der Waals surface area contributed by atoms with Crippen LogP contribution in [0.25, 0.3) is 0 Å². The molecule has 2 rings (SSSR count). The van der Waals surface area contributed by atoms with Gasteiger partial charge in [-0.05, 0) is 19.3 Å².